The molecule has 0 atom stereocenters. The van der Waals surface area contributed by atoms with Crippen molar-refractivity contribution in [2.45, 2.75) is 38.4 Å². The van der Waals surface area contributed by atoms with Gasteiger partial charge >= 0.3 is 0 Å². The Hall–Kier alpha value is -2.05. The Morgan fingerprint density at radius 3 is 2.38 bits per heavy atom. The molecule has 1 aromatic heterocycles. The Morgan fingerprint density at radius 1 is 0.962 bits per heavy atom. The molecule has 2 amide bonds. The van der Waals surface area contributed by atoms with E-state index in [1.165, 1.54) is 47.9 Å². The molecule has 4 nitrogen and oxygen atoms in total. The van der Waals surface area contributed by atoms with E-state index >= 15 is 0 Å². The molecule has 134 valence electrons. The summed E-state index contributed by atoms with van der Waals surface area (Å²) in [6, 6.07) is 7.16. The summed E-state index contributed by atoms with van der Waals surface area (Å²) in [5.41, 5.74) is 4.44. The quantitative estimate of drug-likeness (QED) is 0.798. The highest BCUT2D eigenvalue weighted by molar-refractivity contribution is 8.03. The first-order valence-electron chi connectivity index (χ1n) is 8.77. The molecule has 1 aromatic carbocycles. The highest BCUT2D eigenvalue weighted by atomic mass is 32.2. The number of carbonyl (C=O) groups excluding carboxylic acids is 2. The van der Waals surface area contributed by atoms with Crippen LogP contribution in [0.3, 0.4) is 0 Å². The van der Waals surface area contributed by atoms with Gasteiger partial charge in [-0.05, 0) is 67.2 Å². The Labute approximate surface area is 161 Å². The summed E-state index contributed by atoms with van der Waals surface area (Å²) < 4.78 is 0. The zero-order valence-corrected chi connectivity index (χ0v) is 16.2. The number of hydrogen-bond donors (Lipinski definition) is 2. The average Bonchev–Trinajstić information content (AvgIpc) is 3.00. The Bertz CT molecular complexity index is 897. The molecule has 0 fully saturated rings. The molecular weight excluding hydrogens is 364 g/mol. The molecule has 2 N–H and O–H groups in total. The lowest BCUT2D eigenvalue weighted by Crippen LogP contribution is -2.14. The molecular formula is C20H20N2O2S2. The Kier molecular flexibility index (Phi) is 4.87. The molecule has 2 aliphatic rings. The van der Waals surface area contributed by atoms with Crippen LogP contribution in [0.4, 0.5) is 11.4 Å². The second-order valence-corrected chi connectivity index (χ2v) is 8.72. The number of benzene rings is 1. The number of fused-ring (bicyclic) bond motifs is 3. The highest BCUT2D eigenvalue weighted by Crippen LogP contribution is 2.42. The van der Waals surface area contributed by atoms with Crippen molar-refractivity contribution in [1.29, 1.82) is 0 Å². The fourth-order valence-electron chi connectivity index (χ4n) is 3.40. The van der Waals surface area contributed by atoms with Gasteiger partial charge < -0.3 is 10.6 Å². The van der Waals surface area contributed by atoms with E-state index in [-0.39, 0.29) is 11.8 Å². The molecule has 0 bridgehead atoms. The maximum atomic E-state index is 12.6. The third kappa shape index (κ3) is 3.57. The number of thiophene rings is 1. The molecule has 0 saturated heterocycles. The van der Waals surface area contributed by atoms with E-state index in [1.54, 1.807) is 41.6 Å². The van der Waals surface area contributed by atoms with Crippen LogP contribution in [0.2, 0.25) is 0 Å². The number of anilines is 2. The van der Waals surface area contributed by atoms with Gasteiger partial charge in [0.1, 0.15) is 0 Å². The van der Waals surface area contributed by atoms with Gasteiger partial charge in [0.15, 0.2) is 0 Å². The molecule has 1 aliphatic carbocycles. The van der Waals surface area contributed by atoms with Crippen molar-refractivity contribution in [3.05, 3.63) is 50.1 Å². The predicted molar refractivity (Wildman–Crippen MR) is 110 cm³/mol. The van der Waals surface area contributed by atoms with Crippen molar-refractivity contribution in [3.63, 3.8) is 0 Å². The molecule has 0 spiro atoms. The van der Waals surface area contributed by atoms with Crippen molar-refractivity contribution >= 4 is 52.4 Å². The lowest BCUT2D eigenvalue weighted by molar-refractivity contribution is -0.114. The van der Waals surface area contributed by atoms with E-state index in [1.807, 2.05) is 17.4 Å². The molecule has 2 heterocycles. The second-order valence-electron chi connectivity index (χ2n) is 6.56. The number of carbonyl (C=O) groups is 2. The molecule has 26 heavy (non-hydrogen) atoms. The monoisotopic (exact) mass is 384 g/mol. The maximum Gasteiger partial charge on any atom is 0.262 e. The van der Waals surface area contributed by atoms with Crippen molar-refractivity contribution in [3.8, 4) is 0 Å². The van der Waals surface area contributed by atoms with E-state index in [9.17, 15) is 9.59 Å². The SMILES string of the molecule is CC(=O)Nc1ccc(NC(=O)C2=Cc3sc4c(c3CS2)CCCC4)cc1. The van der Waals surface area contributed by atoms with Gasteiger partial charge in [-0.25, -0.2) is 0 Å². The van der Waals surface area contributed by atoms with Gasteiger partial charge in [0.2, 0.25) is 5.91 Å². The fraction of sp³-hybridized carbons (Fsp3) is 0.300. The van der Waals surface area contributed by atoms with E-state index < -0.39 is 0 Å². The first-order valence-corrected chi connectivity index (χ1v) is 10.6. The van der Waals surface area contributed by atoms with Crippen LogP contribution in [0.15, 0.2) is 29.2 Å². The minimum Gasteiger partial charge on any atom is -0.326 e. The molecule has 1 aliphatic heterocycles. The summed E-state index contributed by atoms with van der Waals surface area (Å²) in [5, 5.41) is 5.67. The standard InChI is InChI=1S/C20H20N2O2S2/c1-12(23)21-13-6-8-14(9-7-13)22-20(24)19-10-18-16(11-25-19)15-4-2-3-5-17(15)26-18/h6-10H,2-5,11H2,1H3,(H,21,23)(H,22,24). The van der Waals surface area contributed by atoms with Gasteiger partial charge in [0.25, 0.3) is 5.91 Å². The van der Waals surface area contributed by atoms with Crippen molar-refractivity contribution < 1.29 is 9.59 Å². The van der Waals surface area contributed by atoms with Crippen LogP contribution in [-0.4, -0.2) is 11.8 Å². The summed E-state index contributed by atoms with van der Waals surface area (Å²) >= 11 is 3.48. The number of thioether (sulfide) groups is 1. The third-order valence-corrected chi connectivity index (χ3v) is 6.96. The number of aryl methyl sites for hydroxylation is 1. The van der Waals surface area contributed by atoms with Gasteiger partial charge in [-0.2, -0.15) is 0 Å². The number of rotatable bonds is 3. The topological polar surface area (TPSA) is 58.2 Å². The van der Waals surface area contributed by atoms with Gasteiger partial charge in [-0.15, -0.1) is 23.1 Å². The van der Waals surface area contributed by atoms with Crippen molar-refractivity contribution in [2.75, 3.05) is 10.6 Å². The van der Waals surface area contributed by atoms with Gasteiger partial charge in [0, 0.05) is 33.8 Å². The first kappa shape index (κ1) is 17.4. The number of amides is 2. The second kappa shape index (κ2) is 7.29. The van der Waals surface area contributed by atoms with Crippen LogP contribution in [0, 0.1) is 0 Å². The molecule has 0 radical (unpaired) electrons. The third-order valence-electron chi connectivity index (χ3n) is 4.63. The zero-order valence-electron chi connectivity index (χ0n) is 14.6. The summed E-state index contributed by atoms with van der Waals surface area (Å²) in [4.78, 5) is 27.2. The van der Waals surface area contributed by atoms with Crippen LogP contribution in [0.25, 0.3) is 6.08 Å². The van der Waals surface area contributed by atoms with Gasteiger partial charge in [-0.1, -0.05) is 0 Å². The molecule has 2 aromatic rings. The van der Waals surface area contributed by atoms with Crippen molar-refractivity contribution in [1.82, 2.24) is 0 Å². The lowest BCUT2D eigenvalue weighted by atomic mass is 9.95. The number of nitrogens with one attached hydrogen (secondary N) is 2. The number of hydrogen-bond acceptors (Lipinski definition) is 4. The van der Waals surface area contributed by atoms with Gasteiger partial charge in [0.05, 0.1) is 4.91 Å². The predicted octanol–water partition coefficient (Wildman–Crippen LogP) is 4.81. The smallest absolute Gasteiger partial charge is 0.262 e. The van der Waals surface area contributed by atoms with Crippen molar-refractivity contribution in [2.24, 2.45) is 0 Å². The van der Waals surface area contributed by atoms with E-state index in [0.29, 0.717) is 0 Å². The van der Waals surface area contributed by atoms with Crippen LogP contribution >= 0.6 is 23.1 Å². The van der Waals surface area contributed by atoms with E-state index in [2.05, 4.69) is 10.6 Å². The fourth-order valence-corrected chi connectivity index (χ4v) is 5.94. The average molecular weight is 385 g/mol. The van der Waals surface area contributed by atoms with Gasteiger partial charge in [-0.3, -0.25) is 9.59 Å². The minimum atomic E-state index is -0.111. The van der Waals surface area contributed by atoms with Crippen LogP contribution in [0.5, 0.6) is 0 Å². The normalized spacial score (nSPS) is 15.5. The lowest BCUT2D eigenvalue weighted by Gasteiger charge is -2.16. The zero-order chi connectivity index (χ0) is 18.1. The van der Waals surface area contributed by atoms with E-state index in [0.717, 1.165) is 22.0 Å². The van der Waals surface area contributed by atoms with Crippen LogP contribution in [0.1, 0.15) is 40.6 Å². The molecule has 6 heteroatoms. The molecule has 0 saturated carbocycles. The van der Waals surface area contributed by atoms with Crippen LogP contribution < -0.4 is 10.6 Å². The summed E-state index contributed by atoms with van der Waals surface area (Å²) in [6.45, 7) is 1.47. The summed E-state index contributed by atoms with van der Waals surface area (Å²) in [5.74, 6) is 0.710. The molecule has 4 rings (SSSR count). The largest absolute Gasteiger partial charge is 0.326 e. The minimum absolute atomic E-state index is 0.0701. The van der Waals surface area contributed by atoms with Crippen LogP contribution in [-0.2, 0) is 28.2 Å². The summed E-state index contributed by atoms with van der Waals surface area (Å²) in [7, 11) is 0. The maximum absolute atomic E-state index is 12.6. The van der Waals surface area contributed by atoms with E-state index in [4.69, 9.17) is 0 Å². The Morgan fingerprint density at radius 2 is 1.65 bits per heavy atom. The Balaban J connectivity index is 1.48. The summed E-state index contributed by atoms with van der Waals surface area (Å²) in [6.07, 6.45) is 7.00. The highest BCUT2D eigenvalue weighted by Gasteiger charge is 2.25. The first-order chi connectivity index (χ1) is 12.6. The molecule has 0 unspecified atom stereocenters.